The molecule has 0 unspecified atom stereocenters. The molecule has 2 aromatic rings. The molecule has 2 rings (SSSR count). The molecule has 0 aliphatic heterocycles. The molecule has 0 atom stereocenters. The van der Waals surface area contributed by atoms with Crippen LogP contribution in [-0.4, -0.2) is 23.4 Å². The van der Waals surface area contributed by atoms with Crippen LogP contribution in [0.1, 0.15) is 36.1 Å². The Kier molecular flexibility index (Phi) is 5.16. The van der Waals surface area contributed by atoms with E-state index in [1.165, 1.54) is 22.3 Å². The van der Waals surface area contributed by atoms with E-state index in [2.05, 4.69) is 38.1 Å². The number of hydrogen-bond acceptors (Lipinski definition) is 2. The molecule has 2 aromatic carbocycles. The van der Waals surface area contributed by atoms with E-state index in [0.717, 1.165) is 0 Å². The highest BCUT2D eigenvalue weighted by molar-refractivity contribution is 5.45. The van der Waals surface area contributed by atoms with Gasteiger partial charge in [0.2, 0.25) is 0 Å². The first-order chi connectivity index (χ1) is 10.1. The lowest BCUT2D eigenvalue weighted by atomic mass is 9.73. The van der Waals surface area contributed by atoms with E-state index in [-0.39, 0.29) is 18.6 Å². The Bertz CT molecular complexity index is 536. The maximum Gasteiger partial charge on any atom is 0.0471 e. The number of aliphatic hydroxyl groups excluding tert-OH is 2. The molecule has 0 fully saturated rings. The molecule has 2 N–H and O–H groups in total. The predicted molar refractivity (Wildman–Crippen MR) is 86.6 cm³/mol. The lowest BCUT2D eigenvalue weighted by Gasteiger charge is -2.30. The van der Waals surface area contributed by atoms with Crippen molar-refractivity contribution >= 4 is 0 Å². The van der Waals surface area contributed by atoms with Crippen molar-refractivity contribution in [2.24, 2.45) is 0 Å². The second-order valence-electron chi connectivity index (χ2n) is 5.89. The fourth-order valence-corrected chi connectivity index (χ4v) is 3.08. The van der Waals surface area contributed by atoms with E-state index in [1.54, 1.807) is 0 Å². The van der Waals surface area contributed by atoms with Crippen LogP contribution in [0.4, 0.5) is 0 Å². The van der Waals surface area contributed by atoms with Crippen LogP contribution in [0.2, 0.25) is 0 Å². The van der Waals surface area contributed by atoms with Gasteiger partial charge in [0.1, 0.15) is 0 Å². The van der Waals surface area contributed by atoms with Gasteiger partial charge in [-0.05, 0) is 35.1 Å². The van der Waals surface area contributed by atoms with Crippen molar-refractivity contribution in [3.8, 4) is 0 Å². The van der Waals surface area contributed by atoms with Crippen LogP contribution in [-0.2, 0) is 18.3 Å². The van der Waals surface area contributed by atoms with Crippen molar-refractivity contribution in [3.05, 3.63) is 70.8 Å². The summed E-state index contributed by atoms with van der Waals surface area (Å²) in [5.74, 6) is 0. The van der Waals surface area contributed by atoms with Gasteiger partial charge in [-0.25, -0.2) is 0 Å². The number of hydrogen-bond donors (Lipinski definition) is 2. The van der Waals surface area contributed by atoms with E-state index in [9.17, 15) is 10.2 Å². The first-order valence-corrected chi connectivity index (χ1v) is 7.49. The van der Waals surface area contributed by atoms with E-state index in [1.807, 2.05) is 24.3 Å². The lowest BCUT2D eigenvalue weighted by Crippen LogP contribution is -2.23. The third-order valence-electron chi connectivity index (χ3n) is 4.14. The summed E-state index contributed by atoms with van der Waals surface area (Å²) >= 11 is 0. The highest BCUT2D eigenvalue weighted by Crippen LogP contribution is 2.35. The molecule has 0 aromatic heterocycles. The van der Waals surface area contributed by atoms with Crippen LogP contribution < -0.4 is 0 Å². The topological polar surface area (TPSA) is 40.5 Å². The van der Waals surface area contributed by atoms with E-state index in [4.69, 9.17) is 0 Å². The quantitative estimate of drug-likeness (QED) is 0.856. The second kappa shape index (κ2) is 6.88. The van der Waals surface area contributed by atoms with Gasteiger partial charge in [-0.3, -0.25) is 0 Å². The third-order valence-corrected chi connectivity index (χ3v) is 4.14. The zero-order chi connectivity index (χ0) is 15.3. The molecule has 0 aliphatic rings. The van der Waals surface area contributed by atoms with E-state index >= 15 is 0 Å². The molecule has 0 aliphatic carbocycles. The van der Waals surface area contributed by atoms with Gasteiger partial charge in [0.15, 0.2) is 0 Å². The number of aliphatic hydroxyl groups is 2. The summed E-state index contributed by atoms with van der Waals surface area (Å²) in [4.78, 5) is 0. The zero-order valence-corrected chi connectivity index (χ0v) is 12.8. The summed E-state index contributed by atoms with van der Waals surface area (Å²) in [7, 11) is 0. The van der Waals surface area contributed by atoms with Gasteiger partial charge in [-0.15, -0.1) is 0 Å². The average molecular weight is 284 g/mol. The minimum absolute atomic E-state index is 0.155. The van der Waals surface area contributed by atoms with Crippen LogP contribution in [0.5, 0.6) is 0 Å². The number of benzene rings is 2. The summed E-state index contributed by atoms with van der Waals surface area (Å²) < 4.78 is 0. The average Bonchev–Trinajstić information content (AvgIpc) is 2.49. The smallest absolute Gasteiger partial charge is 0.0471 e. The molecule has 2 nitrogen and oxygen atoms in total. The largest absolute Gasteiger partial charge is 0.396 e. The molecule has 0 bridgehead atoms. The SMILES string of the molecule is CC(C)(c1ccccc1CCO)c1ccccc1CCO. The van der Waals surface area contributed by atoms with Gasteiger partial charge in [0, 0.05) is 18.6 Å². The Morgan fingerprint density at radius 3 is 1.48 bits per heavy atom. The molecule has 21 heavy (non-hydrogen) atoms. The van der Waals surface area contributed by atoms with Crippen molar-refractivity contribution in [1.82, 2.24) is 0 Å². The first kappa shape index (κ1) is 15.7. The van der Waals surface area contributed by atoms with Gasteiger partial charge in [-0.2, -0.15) is 0 Å². The Labute approximate surface area is 127 Å². The number of rotatable bonds is 6. The minimum Gasteiger partial charge on any atom is -0.396 e. The summed E-state index contributed by atoms with van der Waals surface area (Å²) in [5.41, 5.74) is 4.69. The highest BCUT2D eigenvalue weighted by Gasteiger charge is 2.27. The van der Waals surface area contributed by atoms with Crippen molar-refractivity contribution < 1.29 is 10.2 Å². The molecule has 112 valence electrons. The van der Waals surface area contributed by atoms with Gasteiger partial charge in [0.05, 0.1) is 0 Å². The fraction of sp³-hybridized carbons (Fsp3) is 0.368. The summed E-state index contributed by atoms with van der Waals surface area (Å²) in [6, 6.07) is 16.6. The van der Waals surface area contributed by atoms with Crippen LogP contribution in [0, 0.1) is 0 Å². The minimum atomic E-state index is -0.155. The standard InChI is InChI=1S/C19H24O2/c1-19(2,17-9-5-3-7-15(17)11-13-20)18-10-6-4-8-16(18)12-14-21/h3-10,20-21H,11-14H2,1-2H3. The Morgan fingerprint density at radius 1 is 0.714 bits per heavy atom. The van der Waals surface area contributed by atoms with Crippen LogP contribution in [0.3, 0.4) is 0 Å². The molecule has 0 amide bonds. The normalized spacial score (nSPS) is 11.6. The van der Waals surface area contributed by atoms with Gasteiger partial charge >= 0.3 is 0 Å². The van der Waals surface area contributed by atoms with E-state index < -0.39 is 0 Å². The first-order valence-electron chi connectivity index (χ1n) is 7.49. The van der Waals surface area contributed by atoms with Crippen molar-refractivity contribution in [3.63, 3.8) is 0 Å². The maximum absolute atomic E-state index is 9.29. The molecule has 0 heterocycles. The van der Waals surface area contributed by atoms with Crippen LogP contribution in [0.25, 0.3) is 0 Å². The fourth-order valence-electron chi connectivity index (χ4n) is 3.08. The van der Waals surface area contributed by atoms with E-state index in [0.29, 0.717) is 12.8 Å². The second-order valence-corrected chi connectivity index (χ2v) is 5.89. The van der Waals surface area contributed by atoms with Gasteiger partial charge < -0.3 is 10.2 Å². The van der Waals surface area contributed by atoms with Crippen molar-refractivity contribution in [2.45, 2.75) is 32.1 Å². The molecular weight excluding hydrogens is 260 g/mol. The molecule has 0 radical (unpaired) electrons. The molecule has 0 spiro atoms. The zero-order valence-electron chi connectivity index (χ0n) is 12.8. The maximum atomic E-state index is 9.29. The van der Waals surface area contributed by atoms with Gasteiger partial charge in [-0.1, -0.05) is 62.4 Å². The molecule has 0 saturated heterocycles. The third kappa shape index (κ3) is 3.34. The Balaban J connectivity index is 2.51. The molecule has 0 saturated carbocycles. The van der Waals surface area contributed by atoms with Crippen LogP contribution in [0.15, 0.2) is 48.5 Å². The van der Waals surface area contributed by atoms with Gasteiger partial charge in [0.25, 0.3) is 0 Å². The Morgan fingerprint density at radius 2 is 1.10 bits per heavy atom. The summed E-state index contributed by atoms with van der Waals surface area (Å²) in [5, 5.41) is 18.6. The predicted octanol–water partition coefficient (Wildman–Crippen LogP) is 3.08. The lowest BCUT2D eigenvalue weighted by molar-refractivity contribution is 0.298. The van der Waals surface area contributed by atoms with Crippen molar-refractivity contribution in [2.75, 3.05) is 13.2 Å². The monoisotopic (exact) mass is 284 g/mol. The molecule has 2 heteroatoms. The molecular formula is C19H24O2. The highest BCUT2D eigenvalue weighted by atomic mass is 16.3. The Hall–Kier alpha value is -1.64. The summed E-state index contributed by atoms with van der Waals surface area (Å²) in [6.07, 6.45) is 1.34. The summed E-state index contributed by atoms with van der Waals surface area (Å²) in [6.45, 7) is 4.73. The van der Waals surface area contributed by atoms with Crippen LogP contribution >= 0.6 is 0 Å². The van der Waals surface area contributed by atoms with Crippen molar-refractivity contribution in [1.29, 1.82) is 0 Å².